The van der Waals surface area contributed by atoms with Crippen LogP contribution >= 0.6 is 0 Å². The third-order valence-electron chi connectivity index (χ3n) is 3.97. The lowest BCUT2D eigenvalue weighted by atomic mass is 9.60. The molecule has 0 aliphatic heterocycles. The highest BCUT2D eigenvalue weighted by molar-refractivity contribution is 5.74. The molecule has 0 heterocycles. The van der Waals surface area contributed by atoms with Gasteiger partial charge in [-0.2, -0.15) is 0 Å². The summed E-state index contributed by atoms with van der Waals surface area (Å²) in [6.45, 7) is 15.4. The number of allylic oxidation sites excluding steroid dienone is 1. The first-order valence-corrected chi connectivity index (χ1v) is 4.94. The molecule has 2 heteroatoms. The Bertz CT molecular complexity index is 249. The quantitative estimate of drug-likeness (QED) is 0.703. The van der Waals surface area contributed by atoms with Crippen LogP contribution in [0.1, 0.15) is 41.5 Å². The number of carbonyl (C=O) groups is 1. The molecule has 2 nitrogen and oxygen atoms in total. The average Bonchev–Trinajstić information content (AvgIpc) is 2.01. The lowest BCUT2D eigenvalue weighted by Gasteiger charge is -2.43. The van der Waals surface area contributed by atoms with E-state index in [1.807, 2.05) is 27.7 Å². The molecular weight excluding hydrogens is 176 g/mol. The van der Waals surface area contributed by atoms with Gasteiger partial charge in [0.25, 0.3) is 0 Å². The second-order valence-electron chi connectivity index (χ2n) is 5.22. The van der Waals surface area contributed by atoms with Crippen LogP contribution in [0.2, 0.25) is 0 Å². The predicted molar refractivity (Wildman–Crippen MR) is 59.2 cm³/mol. The maximum atomic E-state index is 11.2. The minimum atomic E-state index is -0.754. The van der Waals surface area contributed by atoms with Crippen molar-refractivity contribution in [3.05, 3.63) is 12.2 Å². The molecule has 0 aromatic heterocycles. The van der Waals surface area contributed by atoms with E-state index in [2.05, 4.69) is 6.58 Å². The van der Waals surface area contributed by atoms with Crippen LogP contribution in [0, 0.1) is 16.7 Å². The molecule has 0 aromatic carbocycles. The second-order valence-corrected chi connectivity index (χ2v) is 5.22. The van der Waals surface area contributed by atoms with Gasteiger partial charge in [-0.1, -0.05) is 32.9 Å². The number of carboxylic acid groups (broad SMARTS) is 1. The van der Waals surface area contributed by atoms with E-state index >= 15 is 0 Å². The van der Waals surface area contributed by atoms with E-state index in [0.717, 1.165) is 5.57 Å². The summed E-state index contributed by atoms with van der Waals surface area (Å²) in [5.74, 6) is -0.566. The van der Waals surface area contributed by atoms with E-state index in [0.29, 0.717) is 0 Å². The molecule has 0 bridgehead atoms. The van der Waals surface area contributed by atoms with Crippen molar-refractivity contribution in [2.24, 2.45) is 16.7 Å². The van der Waals surface area contributed by atoms with Crippen LogP contribution in [0.5, 0.6) is 0 Å². The van der Waals surface area contributed by atoms with Gasteiger partial charge >= 0.3 is 5.97 Å². The average molecular weight is 198 g/mol. The van der Waals surface area contributed by atoms with Crippen molar-refractivity contribution in [1.82, 2.24) is 0 Å². The zero-order valence-corrected chi connectivity index (χ0v) is 10.1. The molecule has 0 rings (SSSR count). The zero-order chi connectivity index (χ0) is 11.7. The Morgan fingerprint density at radius 3 is 1.86 bits per heavy atom. The van der Waals surface area contributed by atoms with Gasteiger partial charge in [-0.05, 0) is 32.1 Å². The Morgan fingerprint density at radius 2 is 1.64 bits per heavy atom. The van der Waals surface area contributed by atoms with E-state index in [1.54, 1.807) is 13.8 Å². The Balaban J connectivity index is 5.13. The van der Waals surface area contributed by atoms with Crippen LogP contribution in [-0.2, 0) is 4.79 Å². The highest BCUT2D eigenvalue weighted by atomic mass is 16.4. The first-order chi connectivity index (χ1) is 6.05. The Morgan fingerprint density at radius 1 is 1.29 bits per heavy atom. The Labute approximate surface area is 87.0 Å². The normalized spacial score (nSPS) is 15.0. The van der Waals surface area contributed by atoms with Crippen molar-refractivity contribution < 1.29 is 9.90 Å². The molecule has 0 aliphatic carbocycles. The lowest BCUT2D eigenvalue weighted by Crippen LogP contribution is -2.44. The van der Waals surface area contributed by atoms with Crippen LogP contribution in [0.15, 0.2) is 12.2 Å². The third kappa shape index (κ3) is 1.99. The molecule has 1 atom stereocenters. The molecule has 0 fully saturated rings. The molecule has 0 spiro atoms. The molecule has 0 amide bonds. The molecule has 1 unspecified atom stereocenters. The summed E-state index contributed by atoms with van der Waals surface area (Å²) in [5, 5.41) is 9.18. The van der Waals surface area contributed by atoms with Gasteiger partial charge in [0.2, 0.25) is 0 Å². The van der Waals surface area contributed by atoms with Gasteiger partial charge in [-0.3, -0.25) is 4.79 Å². The first kappa shape index (κ1) is 13.2. The minimum absolute atomic E-state index is 0.189. The van der Waals surface area contributed by atoms with E-state index in [-0.39, 0.29) is 11.3 Å². The SMILES string of the molecule is C=C(C)C(C)C(C)(C)C(C)(C)C(=O)O. The molecule has 0 aromatic rings. The maximum absolute atomic E-state index is 11.2. The van der Waals surface area contributed by atoms with Crippen molar-refractivity contribution in [3.8, 4) is 0 Å². The second kappa shape index (κ2) is 3.76. The van der Waals surface area contributed by atoms with Crippen LogP contribution in [0.4, 0.5) is 0 Å². The van der Waals surface area contributed by atoms with Gasteiger partial charge < -0.3 is 5.11 Å². The van der Waals surface area contributed by atoms with Crippen molar-refractivity contribution in [3.63, 3.8) is 0 Å². The highest BCUT2D eigenvalue weighted by Gasteiger charge is 2.46. The molecule has 0 aliphatic rings. The summed E-state index contributed by atoms with van der Waals surface area (Å²) < 4.78 is 0. The fourth-order valence-electron chi connectivity index (χ4n) is 1.43. The van der Waals surface area contributed by atoms with E-state index in [4.69, 9.17) is 0 Å². The fraction of sp³-hybridized carbons (Fsp3) is 0.750. The van der Waals surface area contributed by atoms with E-state index in [9.17, 15) is 9.90 Å². The largest absolute Gasteiger partial charge is 0.481 e. The molecular formula is C12H22O2. The summed E-state index contributed by atoms with van der Waals surface area (Å²) in [6, 6.07) is 0. The number of carboxylic acids is 1. The Hall–Kier alpha value is -0.790. The molecule has 0 saturated carbocycles. The smallest absolute Gasteiger partial charge is 0.309 e. The van der Waals surface area contributed by atoms with Crippen LogP contribution in [-0.4, -0.2) is 11.1 Å². The molecule has 0 saturated heterocycles. The number of rotatable bonds is 4. The summed E-state index contributed by atoms with van der Waals surface area (Å²) in [7, 11) is 0. The van der Waals surface area contributed by atoms with Gasteiger partial charge in [0, 0.05) is 0 Å². The van der Waals surface area contributed by atoms with E-state index < -0.39 is 11.4 Å². The number of hydrogen-bond donors (Lipinski definition) is 1. The fourth-order valence-corrected chi connectivity index (χ4v) is 1.43. The predicted octanol–water partition coefficient (Wildman–Crippen LogP) is 3.34. The molecule has 82 valence electrons. The monoisotopic (exact) mass is 198 g/mol. The minimum Gasteiger partial charge on any atom is -0.481 e. The lowest BCUT2D eigenvalue weighted by molar-refractivity contribution is -0.155. The highest BCUT2D eigenvalue weighted by Crippen LogP contribution is 2.46. The summed E-state index contributed by atoms with van der Waals surface area (Å²) in [5.41, 5.74) is -0.0138. The summed E-state index contributed by atoms with van der Waals surface area (Å²) in [4.78, 5) is 11.2. The van der Waals surface area contributed by atoms with Gasteiger partial charge in [-0.25, -0.2) is 0 Å². The molecule has 1 N–H and O–H groups in total. The molecule has 14 heavy (non-hydrogen) atoms. The van der Waals surface area contributed by atoms with Crippen LogP contribution in [0.3, 0.4) is 0 Å². The topological polar surface area (TPSA) is 37.3 Å². The van der Waals surface area contributed by atoms with Crippen molar-refractivity contribution >= 4 is 5.97 Å². The van der Waals surface area contributed by atoms with Crippen molar-refractivity contribution in [1.29, 1.82) is 0 Å². The third-order valence-corrected chi connectivity index (χ3v) is 3.97. The van der Waals surface area contributed by atoms with Crippen LogP contribution in [0.25, 0.3) is 0 Å². The summed E-state index contributed by atoms with van der Waals surface area (Å²) >= 11 is 0. The van der Waals surface area contributed by atoms with Crippen molar-refractivity contribution in [2.45, 2.75) is 41.5 Å². The van der Waals surface area contributed by atoms with Gasteiger partial charge in [-0.15, -0.1) is 0 Å². The van der Waals surface area contributed by atoms with E-state index in [1.165, 1.54) is 0 Å². The Kier molecular flexibility index (Phi) is 3.54. The first-order valence-electron chi connectivity index (χ1n) is 4.94. The van der Waals surface area contributed by atoms with Gasteiger partial charge in [0.15, 0.2) is 0 Å². The maximum Gasteiger partial charge on any atom is 0.309 e. The van der Waals surface area contributed by atoms with Gasteiger partial charge in [0.1, 0.15) is 0 Å². The zero-order valence-electron chi connectivity index (χ0n) is 10.1. The summed E-state index contributed by atoms with van der Waals surface area (Å²) in [6.07, 6.45) is 0. The number of hydrogen-bond acceptors (Lipinski definition) is 1. The molecule has 0 radical (unpaired) electrons. The van der Waals surface area contributed by atoms with Crippen molar-refractivity contribution in [2.75, 3.05) is 0 Å². The standard InChI is InChI=1S/C12H22O2/c1-8(2)9(3)11(4,5)12(6,7)10(13)14/h9H,1H2,2-7H3,(H,13,14). The van der Waals surface area contributed by atoms with Gasteiger partial charge in [0.05, 0.1) is 5.41 Å². The van der Waals surface area contributed by atoms with Crippen LogP contribution < -0.4 is 0 Å². The number of aliphatic carboxylic acids is 1.